The molecule has 0 aromatic heterocycles. The van der Waals surface area contributed by atoms with Gasteiger partial charge in [0.1, 0.15) is 0 Å². The third-order valence-corrected chi connectivity index (χ3v) is 4.44. The number of amides is 1. The van der Waals surface area contributed by atoms with Gasteiger partial charge < -0.3 is 9.64 Å². The van der Waals surface area contributed by atoms with Gasteiger partial charge in [0.25, 0.3) is 5.91 Å². The summed E-state index contributed by atoms with van der Waals surface area (Å²) in [5, 5.41) is 0. The van der Waals surface area contributed by atoms with Crippen molar-refractivity contribution >= 4 is 15.7 Å². The lowest BCUT2D eigenvalue weighted by Gasteiger charge is -2.18. The first kappa shape index (κ1) is 18.9. The quantitative estimate of drug-likeness (QED) is 0.789. The SMILES string of the molecule is COc1ccc(CN(C)C(=O)c2cccc(CS(C)(=O)=O)c2)cc1F. The van der Waals surface area contributed by atoms with Crippen LogP contribution in [0.4, 0.5) is 4.39 Å². The fourth-order valence-electron chi connectivity index (χ4n) is 2.47. The fourth-order valence-corrected chi connectivity index (χ4v) is 3.26. The molecule has 2 rings (SSSR count). The number of rotatable bonds is 6. The minimum Gasteiger partial charge on any atom is -0.494 e. The second-order valence-electron chi connectivity index (χ2n) is 5.90. The highest BCUT2D eigenvalue weighted by molar-refractivity contribution is 7.89. The number of hydrogen-bond donors (Lipinski definition) is 0. The molecule has 0 saturated carbocycles. The molecule has 25 heavy (non-hydrogen) atoms. The van der Waals surface area contributed by atoms with Gasteiger partial charge in [-0.2, -0.15) is 0 Å². The summed E-state index contributed by atoms with van der Waals surface area (Å²) >= 11 is 0. The summed E-state index contributed by atoms with van der Waals surface area (Å²) in [6.45, 7) is 0.218. The minimum absolute atomic E-state index is 0.123. The van der Waals surface area contributed by atoms with Crippen molar-refractivity contribution in [1.29, 1.82) is 0 Å². The summed E-state index contributed by atoms with van der Waals surface area (Å²) < 4.78 is 41.4. The van der Waals surface area contributed by atoms with Gasteiger partial charge in [0.2, 0.25) is 0 Å². The maximum atomic E-state index is 13.8. The van der Waals surface area contributed by atoms with Crippen molar-refractivity contribution in [1.82, 2.24) is 4.90 Å². The molecule has 134 valence electrons. The van der Waals surface area contributed by atoms with Crippen LogP contribution in [0, 0.1) is 5.82 Å². The molecular weight excluding hydrogens is 345 g/mol. The molecule has 2 aromatic rings. The van der Waals surface area contributed by atoms with Crippen molar-refractivity contribution in [2.45, 2.75) is 12.3 Å². The summed E-state index contributed by atoms with van der Waals surface area (Å²) in [7, 11) is -0.187. The van der Waals surface area contributed by atoms with Crippen LogP contribution in [0.15, 0.2) is 42.5 Å². The normalized spacial score (nSPS) is 11.2. The molecule has 0 fully saturated rings. The molecule has 1 amide bonds. The Kier molecular flexibility index (Phi) is 5.79. The van der Waals surface area contributed by atoms with Gasteiger partial charge in [-0.15, -0.1) is 0 Å². The van der Waals surface area contributed by atoms with Crippen molar-refractivity contribution in [2.24, 2.45) is 0 Å². The van der Waals surface area contributed by atoms with E-state index in [1.165, 1.54) is 24.1 Å². The first-order valence-corrected chi connectivity index (χ1v) is 9.60. The van der Waals surface area contributed by atoms with E-state index in [-0.39, 0.29) is 24.0 Å². The average Bonchev–Trinajstić information content (AvgIpc) is 2.53. The van der Waals surface area contributed by atoms with Gasteiger partial charge in [-0.25, -0.2) is 12.8 Å². The van der Waals surface area contributed by atoms with Crippen molar-refractivity contribution in [2.75, 3.05) is 20.4 Å². The van der Waals surface area contributed by atoms with Gasteiger partial charge in [0, 0.05) is 25.4 Å². The van der Waals surface area contributed by atoms with Gasteiger partial charge in [-0.3, -0.25) is 4.79 Å². The zero-order valence-corrected chi connectivity index (χ0v) is 15.1. The van der Waals surface area contributed by atoms with E-state index in [9.17, 15) is 17.6 Å². The summed E-state index contributed by atoms with van der Waals surface area (Å²) in [6, 6.07) is 11.0. The van der Waals surface area contributed by atoms with Crippen LogP contribution in [-0.4, -0.2) is 39.6 Å². The Morgan fingerprint density at radius 3 is 2.48 bits per heavy atom. The zero-order valence-electron chi connectivity index (χ0n) is 14.3. The van der Waals surface area contributed by atoms with Gasteiger partial charge in [0.05, 0.1) is 12.9 Å². The number of sulfone groups is 1. The highest BCUT2D eigenvalue weighted by Gasteiger charge is 2.14. The maximum Gasteiger partial charge on any atom is 0.253 e. The van der Waals surface area contributed by atoms with E-state index in [0.717, 1.165) is 6.26 Å². The summed E-state index contributed by atoms with van der Waals surface area (Å²) in [6.07, 6.45) is 1.14. The van der Waals surface area contributed by atoms with E-state index in [2.05, 4.69) is 0 Å². The van der Waals surface area contributed by atoms with Crippen LogP contribution >= 0.6 is 0 Å². The lowest BCUT2D eigenvalue weighted by Crippen LogP contribution is -2.26. The predicted molar refractivity (Wildman–Crippen MR) is 93.7 cm³/mol. The molecule has 0 radical (unpaired) electrons. The van der Waals surface area contributed by atoms with Crippen LogP contribution in [0.3, 0.4) is 0 Å². The molecule has 7 heteroatoms. The highest BCUT2D eigenvalue weighted by atomic mass is 32.2. The Balaban J connectivity index is 2.14. The molecular formula is C18H20FNO4S. The van der Waals surface area contributed by atoms with Crippen molar-refractivity contribution < 1.29 is 22.3 Å². The molecule has 0 spiro atoms. The summed E-state index contributed by atoms with van der Waals surface area (Å²) in [5.41, 5.74) is 1.57. The fraction of sp³-hybridized carbons (Fsp3) is 0.278. The van der Waals surface area contributed by atoms with E-state index in [0.29, 0.717) is 16.7 Å². The topological polar surface area (TPSA) is 63.7 Å². The zero-order chi connectivity index (χ0) is 18.6. The number of ether oxygens (including phenoxy) is 1. The van der Waals surface area contributed by atoms with Crippen molar-refractivity contribution in [3.63, 3.8) is 0 Å². The molecule has 0 unspecified atom stereocenters. The molecule has 0 aliphatic heterocycles. The Morgan fingerprint density at radius 1 is 1.16 bits per heavy atom. The standard InChI is InChI=1S/C18H20FNO4S/c1-20(11-13-7-8-17(24-2)16(19)10-13)18(21)15-6-4-5-14(9-15)12-25(3,22)23/h4-10H,11-12H2,1-3H3. The molecule has 0 bridgehead atoms. The minimum atomic E-state index is -3.18. The highest BCUT2D eigenvalue weighted by Crippen LogP contribution is 2.19. The third kappa shape index (κ3) is 5.29. The number of hydrogen-bond acceptors (Lipinski definition) is 4. The van der Waals surface area contributed by atoms with Gasteiger partial charge >= 0.3 is 0 Å². The molecule has 0 atom stereocenters. The van der Waals surface area contributed by atoms with Gasteiger partial charge in [-0.05, 0) is 35.4 Å². The van der Waals surface area contributed by atoms with Crippen LogP contribution in [-0.2, 0) is 22.1 Å². The number of carbonyl (C=O) groups excluding carboxylic acids is 1. The molecule has 0 heterocycles. The molecule has 0 aliphatic carbocycles. The number of carbonyl (C=O) groups is 1. The van der Waals surface area contributed by atoms with Gasteiger partial charge in [0.15, 0.2) is 21.4 Å². The van der Waals surface area contributed by atoms with Crippen molar-refractivity contribution in [3.8, 4) is 5.75 Å². The largest absolute Gasteiger partial charge is 0.494 e. The molecule has 0 N–H and O–H groups in total. The second kappa shape index (κ2) is 7.65. The summed E-state index contributed by atoms with van der Waals surface area (Å²) in [5.74, 6) is -0.740. The maximum absolute atomic E-state index is 13.8. The van der Waals surface area contributed by atoms with Crippen LogP contribution in [0.1, 0.15) is 21.5 Å². The van der Waals surface area contributed by atoms with E-state index < -0.39 is 15.7 Å². The monoisotopic (exact) mass is 365 g/mol. The summed E-state index contributed by atoms with van der Waals surface area (Å²) in [4.78, 5) is 14.0. The smallest absolute Gasteiger partial charge is 0.253 e. The Hall–Kier alpha value is -2.41. The van der Waals surface area contributed by atoms with Crippen LogP contribution in [0.5, 0.6) is 5.75 Å². The number of nitrogens with zero attached hydrogens (tertiary/aromatic N) is 1. The Bertz CT molecular complexity index is 880. The lowest BCUT2D eigenvalue weighted by atomic mass is 10.1. The number of benzene rings is 2. The lowest BCUT2D eigenvalue weighted by molar-refractivity contribution is 0.0785. The molecule has 0 saturated heterocycles. The van der Waals surface area contributed by atoms with E-state index >= 15 is 0 Å². The van der Waals surface area contributed by atoms with E-state index in [4.69, 9.17) is 4.74 Å². The first-order valence-electron chi connectivity index (χ1n) is 7.54. The van der Waals surface area contributed by atoms with E-state index in [1.807, 2.05) is 0 Å². The molecule has 0 aliphatic rings. The van der Waals surface area contributed by atoms with Crippen LogP contribution in [0.2, 0.25) is 0 Å². The van der Waals surface area contributed by atoms with Crippen LogP contribution in [0.25, 0.3) is 0 Å². The molecule has 5 nitrogen and oxygen atoms in total. The second-order valence-corrected chi connectivity index (χ2v) is 8.04. The van der Waals surface area contributed by atoms with Crippen molar-refractivity contribution in [3.05, 3.63) is 65.0 Å². The third-order valence-electron chi connectivity index (χ3n) is 3.59. The Labute approximate surface area is 147 Å². The first-order chi connectivity index (χ1) is 11.7. The number of halogens is 1. The predicted octanol–water partition coefficient (Wildman–Crippen LogP) is 2.65. The van der Waals surface area contributed by atoms with Gasteiger partial charge in [-0.1, -0.05) is 18.2 Å². The Morgan fingerprint density at radius 2 is 1.88 bits per heavy atom. The number of methoxy groups -OCH3 is 1. The molecule has 2 aromatic carbocycles. The van der Waals surface area contributed by atoms with Crippen LogP contribution < -0.4 is 4.74 Å². The van der Waals surface area contributed by atoms with E-state index in [1.54, 1.807) is 37.4 Å². The average molecular weight is 365 g/mol.